The minimum atomic E-state index is 0.420. The molecule has 6 aliphatic heterocycles. The van der Waals surface area contributed by atoms with Gasteiger partial charge in [-0.1, -0.05) is 75.6 Å². The molecule has 9 nitrogen and oxygen atoms in total. The van der Waals surface area contributed by atoms with Crippen LogP contribution in [0, 0.1) is 47.3 Å². The lowest BCUT2D eigenvalue weighted by molar-refractivity contribution is 0.167. The molecule has 8 unspecified atom stereocenters. The molecule has 9 heteroatoms. The first-order valence-corrected chi connectivity index (χ1v) is 21.2. The summed E-state index contributed by atoms with van der Waals surface area (Å²) >= 11 is 0. The van der Waals surface area contributed by atoms with E-state index >= 15 is 0 Å². The van der Waals surface area contributed by atoms with Crippen molar-refractivity contribution in [1.29, 1.82) is 0 Å². The average molecular weight is 685 g/mol. The van der Waals surface area contributed by atoms with Crippen molar-refractivity contribution in [2.45, 2.75) is 152 Å². The van der Waals surface area contributed by atoms with E-state index in [1.165, 1.54) is 108 Å². The fraction of sp³-hybridized carbons (Fsp3) is 0.805. The highest BCUT2D eigenvalue weighted by molar-refractivity contribution is 5.58. The molecule has 10 aliphatic rings. The molecule has 6 heterocycles. The zero-order chi connectivity index (χ0) is 33.0. The first kappa shape index (κ1) is 33.0. The van der Waals surface area contributed by atoms with Gasteiger partial charge in [-0.2, -0.15) is 0 Å². The number of ether oxygens (including phenoxy) is 1. The number of rotatable bonds is 0. The van der Waals surface area contributed by atoms with E-state index in [2.05, 4.69) is 48.6 Å². The Labute approximate surface area is 300 Å². The summed E-state index contributed by atoms with van der Waals surface area (Å²) in [5.41, 5.74) is 1.17. The molecule has 8 N–H and O–H groups in total. The van der Waals surface area contributed by atoms with Gasteiger partial charge in [-0.05, 0) is 111 Å². The van der Waals surface area contributed by atoms with Crippen LogP contribution in [0.3, 0.4) is 0 Å². The smallest absolute Gasteiger partial charge is 0.126 e. The highest BCUT2D eigenvalue weighted by Crippen LogP contribution is 2.45. The zero-order valence-electron chi connectivity index (χ0n) is 30.1. The van der Waals surface area contributed by atoms with E-state index in [1.807, 2.05) is 30.3 Å². The molecule has 50 heavy (non-hydrogen) atoms. The number of hydrogen-bond acceptors (Lipinski definition) is 9. The Hall–Kier alpha value is -1.56. The van der Waals surface area contributed by atoms with Gasteiger partial charge in [-0.3, -0.25) is 42.5 Å². The van der Waals surface area contributed by atoms with Crippen molar-refractivity contribution in [2.75, 3.05) is 6.61 Å². The first-order chi connectivity index (χ1) is 24.8. The molecule has 274 valence electrons. The summed E-state index contributed by atoms with van der Waals surface area (Å²) in [5, 5.41) is 33.8. The van der Waals surface area contributed by atoms with E-state index in [9.17, 15) is 0 Å². The monoisotopic (exact) mass is 685 g/mol. The summed E-state index contributed by atoms with van der Waals surface area (Å²) < 4.78 is 5.34. The second kappa shape index (κ2) is 14.3. The number of nitrogens with one attached hydrogen (secondary N) is 8. The molecule has 11 rings (SSSR count). The Morgan fingerprint density at radius 2 is 0.660 bits per heavy atom. The van der Waals surface area contributed by atoms with E-state index in [0.29, 0.717) is 55.9 Å². The number of para-hydroxylation sites is 1. The summed E-state index contributed by atoms with van der Waals surface area (Å²) in [5.74, 6) is 6.96. The Kier molecular flexibility index (Phi) is 9.48. The molecule has 1 aromatic rings. The topological polar surface area (TPSA) is 105 Å². The van der Waals surface area contributed by atoms with Crippen LogP contribution in [0.1, 0.15) is 108 Å². The van der Waals surface area contributed by atoms with Gasteiger partial charge in [0.25, 0.3) is 0 Å². The molecule has 1 aromatic carbocycles. The molecule has 4 aliphatic carbocycles. The molecule has 8 bridgehead atoms. The van der Waals surface area contributed by atoms with Gasteiger partial charge >= 0.3 is 0 Å². The molecule has 0 radical (unpaired) electrons. The normalized spacial score (nSPS) is 48.9. The number of hydrogen-bond donors (Lipinski definition) is 8. The lowest BCUT2D eigenvalue weighted by Gasteiger charge is -2.35. The van der Waals surface area contributed by atoms with Gasteiger partial charge in [0.15, 0.2) is 0 Å². The maximum atomic E-state index is 5.34. The molecule has 0 amide bonds. The van der Waals surface area contributed by atoms with Gasteiger partial charge in [0.05, 0.1) is 49.3 Å². The van der Waals surface area contributed by atoms with Crippen LogP contribution in [0.2, 0.25) is 0 Å². The third kappa shape index (κ3) is 6.19. The van der Waals surface area contributed by atoms with Crippen LogP contribution in [-0.4, -0.2) is 55.9 Å². The number of fused-ring (bicyclic) bond motifs is 21. The SMILES string of the molecule is C1=Cc2ccccc2OC1.C1CCC2C3NC(NC4NC(NC5NC(NC6NC(N3)C3CCCCC63)C3CCCCC53)C3CCCCC43)C2C1. The molecule has 4 saturated carbocycles. The van der Waals surface area contributed by atoms with Crippen molar-refractivity contribution in [3.05, 3.63) is 35.9 Å². The van der Waals surface area contributed by atoms with E-state index in [1.54, 1.807) is 0 Å². The Morgan fingerprint density at radius 3 is 0.940 bits per heavy atom. The molecule has 0 spiro atoms. The van der Waals surface area contributed by atoms with Crippen molar-refractivity contribution in [3.8, 4) is 5.75 Å². The highest BCUT2D eigenvalue weighted by atomic mass is 16.5. The van der Waals surface area contributed by atoms with Gasteiger partial charge in [0.1, 0.15) is 12.4 Å². The molecule has 8 atom stereocenters. The predicted molar refractivity (Wildman–Crippen MR) is 198 cm³/mol. The largest absolute Gasteiger partial charge is 0.489 e. The van der Waals surface area contributed by atoms with Crippen LogP contribution >= 0.6 is 0 Å². The summed E-state index contributed by atoms with van der Waals surface area (Å²) in [6.45, 7) is 0.705. The van der Waals surface area contributed by atoms with E-state index < -0.39 is 0 Å². The predicted octanol–water partition coefficient (Wildman–Crippen LogP) is 4.70. The van der Waals surface area contributed by atoms with Gasteiger partial charge in [0.2, 0.25) is 0 Å². The van der Waals surface area contributed by atoms with Crippen LogP contribution in [0.4, 0.5) is 0 Å². The highest BCUT2D eigenvalue weighted by Gasteiger charge is 2.54. The molecular formula is C41H64N8O. The maximum absolute atomic E-state index is 5.34. The minimum absolute atomic E-state index is 0.420. The van der Waals surface area contributed by atoms with E-state index in [-0.39, 0.29) is 0 Å². The summed E-state index contributed by atoms with van der Waals surface area (Å²) in [7, 11) is 0. The van der Waals surface area contributed by atoms with Crippen LogP contribution in [0.15, 0.2) is 30.3 Å². The molecule has 9 fully saturated rings. The summed E-state index contributed by atoms with van der Waals surface area (Å²) in [4.78, 5) is 0. The first-order valence-electron chi connectivity index (χ1n) is 21.2. The fourth-order valence-electron chi connectivity index (χ4n) is 13.0. The quantitative estimate of drug-likeness (QED) is 0.198. The van der Waals surface area contributed by atoms with Gasteiger partial charge in [0, 0.05) is 5.56 Å². The van der Waals surface area contributed by atoms with Crippen molar-refractivity contribution in [1.82, 2.24) is 42.5 Å². The number of benzene rings is 1. The van der Waals surface area contributed by atoms with Crippen molar-refractivity contribution in [2.24, 2.45) is 47.3 Å². The fourth-order valence-corrected chi connectivity index (χ4v) is 13.0. The maximum Gasteiger partial charge on any atom is 0.126 e. The molecule has 0 aromatic heterocycles. The van der Waals surface area contributed by atoms with E-state index in [0.717, 1.165) is 53.1 Å². The summed E-state index contributed by atoms with van der Waals surface area (Å²) in [6.07, 6.45) is 29.7. The van der Waals surface area contributed by atoms with Gasteiger partial charge in [-0.25, -0.2) is 0 Å². The van der Waals surface area contributed by atoms with Crippen LogP contribution in [0.5, 0.6) is 5.75 Å². The molecule has 5 saturated heterocycles. The van der Waals surface area contributed by atoms with Crippen LogP contribution in [-0.2, 0) is 0 Å². The minimum Gasteiger partial charge on any atom is -0.489 e. The summed E-state index contributed by atoms with van der Waals surface area (Å²) in [6, 6.07) is 8.03. The Morgan fingerprint density at radius 1 is 0.380 bits per heavy atom. The molecular weight excluding hydrogens is 621 g/mol. The second-order valence-electron chi connectivity index (χ2n) is 17.9. The standard InChI is InChI=1S/C32H56N8.C9H8O/c1-2-10-18-17(9-1)25-33-26(18)38-28-21-13-5-6-14-22(21)30(35-28)40-32-24-16-8-7-15-23(24)31(36-32)39-29-20-12-4-3-11-19(20)27(34-29)37-25;1-2-6-9-8(4-1)5-3-7-10-9/h17-40H,1-16H2;1-6H,7H2. The third-order valence-electron chi connectivity index (χ3n) is 15.3. The van der Waals surface area contributed by atoms with Crippen LogP contribution < -0.4 is 47.3 Å². The van der Waals surface area contributed by atoms with Crippen molar-refractivity contribution in [3.63, 3.8) is 0 Å². The third-order valence-corrected chi connectivity index (χ3v) is 15.3. The van der Waals surface area contributed by atoms with Crippen LogP contribution in [0.25, 0.3) is 6.08 Å². The zero-order valence-corrected chi connectivity index (χ0v) is 30.1. The van der Waals surface area contributed by atoms with Gasteiger partial charge < -0.3 is 4.74 Å². The van der Waals surface area contributed by atoms with Crippen molar-refractivity contribution >= 4 is 6.08 Å². The lowest BCUT2D eigenvalue weighted by Crippen LogP contribution is -2.61. The lowest BCUT2D eigenvalue weighted by atomic mass is 9.76. The van der Waals surface area contributed by atoms with Crippen molar-refractivity contribution < 1.29 is 4.74 Å². The Bertz CT molecular complexity index is 1150. The average Bonchev–Trinajstić information content (AvgIpc) is 3.91. The Balaban J connectivity index is 0.000000272. The van der Waals surface area contributed by atoms with E-state index in [4.69, 9.17) is 4.74 Å². The van der Waals surface area contributed by atoms with Gasteiger partial charge in [-0.15, -0.1) is 0 Å². The second-order valence-corrected chi connectivity index (χ2v) is 17.9.